The number of nitrogens with one attached hydrogen (secondary N) is 1. The number of rotatable bonds is 12. The van der Waals surface area contributed by atoms with Crippen LogP contribution in [0.5, 0.6) is 0 Å². The molecule has 0 aliphatic rings. The van der Waals surface area contributed by atoms with E-state index in [4.69, 9.17) is 0 Å². The van der Waals surface area contributed by atoms with Crippen LogP contribution in [0.15, 0.2) is 119 Å². The monoisotopic (exact) mass is 661 g/mol. The molecule has 0 radical (unpaired) electrons. The molecule has 0 spiro atoms. The summed E-state index contributed by atoms with van der Waals surface area (Å²) in [6, 6.07) is 31.3. The van der Waals surface area contributed by atoms with E-state index in [0.717, 1.165) is 25.5 Å². The molecule has 0 bridgehead atoms. The highest BCUT2D eigenvalue weighted by Gasteiger charge is 2.34. The van der Waals surface area contributed by atoms with Crippen LogP contribution >= 0.6 is 15.9 Å². The summed E-state index contributed by atoms with van der Waals surface area (Å²) in [6.45, 7) is 3.74. The lowest BCUT2D eigenvalue weighted by molar-refractivity contribution is -0.139. The Balaban J connectivity index is 1.78. The Bertz CT molecular complexity index is 1610. The van der Waals surface area contributed by atoms with Crippen molar-refractivity contribution in [3.05, 3.63) is 130 Å². The molecule has 224 valence electrons. The maximum Gasteiger partial charge on any atom is 0.264 e. The van der Waals surface area contributed by atoms with Gasteiger partial charge >= 0.3 is 0 Å². The van der Waals surface area contributed by atoms with E-state index in [2.05, 4.69) is 35.1 Å². The molecular formula is C34H36BrN3O4S. The number of nitrogens with zero attached hydrogens (tertiary/aromatic N) is 2. The number of carbonyl (C=O) groups is 2. The van der Waals surface area contributed by atoms with E-state index in [-0.39, 0.29) is 29.7 Å². The van der Waals surface area contributed by atoms with Crippen LogP contribution in [0.1, 0.15) is 36.5 Å². The van der Waals surface area contributed by atoms with E-state index in [1.807, 2.05) is 66.7 Å². The zero-order chi connectivity index (χ0) is 31.0. The van der Waals surface area contributed by atoms with Crippen molar-refractivity contribution < 1.29 is 18.0 Å². The highest BCUT2D eigenvalue weighted by molar-refractivity contribution is 9.10. The number of likely N-dealkylation sites (N-methyl/N-ethyl adjacent to an activating group) is 1. The van der Waals surface area contributed by atoms with Gasteiger partial charge in [-0.2, -0.15) is 0 Å². The van der Waals surface area contributed by atoms with Crippen molar-refractivity contribution >= 4 is 43.5 Å². The third-order valence-electron chi connectivity index (χ3n) is 7.24. The second-order valence-electron chi connectivity index (χ2n) is 10.5. The smallest absolute Gasteiger partial charge is 0.264 e. The molecule has 4 aromatic rings. The fraction of sp³-hybridized carbons (Fsp3) is 0.235. The molecule has 4 aromatic carbocycles. The summed E-state index contributed by atoms with van der Waals surface area (Å²) >= 11 is 3.45. The highest BCUT2D eigenvalue weighted by atomic mass is 79.9. The van der Waals surface area contributed by atoms with Gasteiger partial charge < -0.3 is 10.2 Å². The Morgan fingerprint density at radius 1 is 0.791 bits per heavy atom. The third-order valence-corrected chi connectivity index (χ3v) is 9.56. The van der Waals surface area contributed by atoms with Crippen LogP contribution in [0, 0.1) is 0 Å². The largest absolute Gasteiger partial charge is 0.357 e. The van der Waals surface area contributed by atoms with Crippen LogP contribution in [0.3, 0.4) is 0 Å². The van der Waals surface area contributed by atoms with Crippen molar-refractivity contribution in [2.75, 3.05) is 17.9 Å². The summed E-state index contributed by atoms with van der Waals surface area (Å²) in [5.41, 5.74) is 3.09. The van der Waals surface area contributed by atoms with Crippen molar-refractivity contribution in [3.63, 3.8) is 0 Å². The molecule has 0 unspecified atom stereocenters. The minimum atomic E-state index is -4.13. The van der Waals surface area contributed by atoms with E-state index in [1.165, 1.54) is 24.1 Å². The van der Waals surface area contributed by atoms with E-state index in [0.29, 0.717) is 5.69 Å². The molecule has 43 heavy (non-hydrogen) atoms. The second-order valence-corrected chi connectivity index (χ2v) is 13.3. The Morgan fingerprint density at radius 2 is 1.37 bits per heavy atom. The Kier molecular flexibility index (Phi) is 10.8. The summed E-state index contributed by atoms with van der Waals surface area (Å²) < 4.78 is 30.1. The lowest BCUT2D eigenvalue weighted by Crippen LogP contribution is -2.53. The molecule has 1 N–H and O–H groups in total. The number of hydrogen-bond donors (Lipinski definition) is 1. The van der Waals surface area contributed by atoms with Crippen molar-refractivity contribution in [3.8, 4) is 0 Å². The fourth-order valence-corrected chi connectivity index (χ4v) is 6.48. The van der Waals surface area contributed by atoms with Crippen molar-refractivity contribution in [2.45, 2.75) is 43.7 Å². The SMILES string of the molecule is CNC(=O)[C@H](Cc1ccccc1)N(Cc1ccc(Br)cc1)C(=O)CN(c1ccc(C(C)C)cc1)S(=O)(=O)c1ccccc1. The molecule has 7 nitrogen and oxygen atoms in total. The van der Waals surface area contributed by atoms with Crippen molar-refractivity contribution in [1.29, 1.82) is 0 Å². The van der Waals surface area contributed by atoms with Crippen molar-refractivity contribution in [2.24, 2.45) is 0 Å². The van der Waals surface area contributed by atoms with Gasteiger partial charge in [-0.3, -0.25) is 13.9 Å². The zero-order valence-corrected chi connectivity index (χ0v) is 26.9. The molecule has 0 heterocycles. The number of halogens is 1. The first-order valence-electron chi connectivity index (χ1n) is 14.1. The first-order chi connectivity index (χ1) is 20.6. The average Bonchev–Trinajstić information content (AvgIpc) is 3.02. The Labute approximate surface area is 262 Å². The van der Waals surface area contributed by atoms with Crippen LogP contribution in [0.4, 0.5) is 5.69 Å². The number of amides is 2. The van der Waals surface area contributed by atoms with Gasteiger partial charge in [0, 0.05) is 24.5 Å². The highest BCUT2D eigenvalue weighted by Crippen LogP contribution is 2.27. The van der Waals surface area contributed by atoms with Gasteiger partial charge in [0.1, 0.15) is 12.6 Å². The van der Waals surface area contributed by atoms with Crippen molar-refractivity contribution in [1.82, 2.24) is 10.2 Å². The van der Waals surface area contributed by atoms with Crippen LogP contribution in [0.25, 0.3) is 0 Å². The molecule has 1 atom stereocenters. The molecular weight excluding hydrogens is 626 g/mol. The maximum absolute atomic E-state index is 14.3. The summed E-state index contributed by atoms with van der Waals surface area (Å²) in [7, 11) is -2.59. The lowest BCUT2D eigenvalue weighted by Gasteiger charge is -2.33. The first-order valence-corrected chi connectivity index (χ1v) is 16.3. The van der Waals surface area contributed by atoms with Gasteiger partial charge in [0.25, 0.3) is 10.0 Å². The van der Waals surface area contributed by atoms with Gasteiger partial charge in [0.2, 0.25) is 11.8 Å². The minimum absolute atomic E-state index is 0.0716. The van der Waals surface area contributed by atoms with Crippen LogP contribution in [-0.2, 0) is 32.6 Å². The average molecular weight is 663 g/mol. The van der Waals surface area contributed by atoms with Gasteiger partial charge in [0.05, 0.1) is 10.6 Å². The summed E-state index contributed by atoms with van der Waals surface area (Å²) in [4.78, 5) is 29.2. The quantitative estimate of drug-likeness (QED) is 0.197. The molecule has 0 fully saturated rings. The first kappa shape index (κ1) is 32.0. The topological polar surface area (TPSA) is 86.8 Å². The second kappa shape index (κ2) is 14.5. The zero-order valence-electron chi connectivity index (χ0n) is 24.5. The number of carbonyl (C=O) groups excluding carboxylic acids is 2. The van der Waals surface area contributed by atoms with E-state index < -0.39 is 28.5 Å². The predicted molar refractivity (Wildman–Crippen MR) is 174 cm³/mol. The lowest BCUT2D eigenvalue weighted by atomic mass is 10.0. The van der Waals surface area contributed by atoms with Crippen LogP contribution < -0.4 is 9.62 Å². The van der Waals surface area contributed by atoms with Gasteiger partial charge in [-0.25, -0.2) is 8.42 Å². The standard InChI is InChI=1S/C34H36BrN3O4S/c1-25(2)28-16-20-30(21-17-28)38(43(41,42)31-12-8-5-9-13-31)24-33(39)37(23-27-14-18-29(35)19-15-27)32(34(40)36-3)22-26-10-6-4-7-11-26/h4-21,25,32H,22-24H2,1-3H3,(H,36,40)/t32-/m0/s1. The summed E-state index contributed by atoms with van der Waals surface area (Å²) in [5, 5.41) is 2.70. The van der Waals surface area contributed by atoms with Crippen LogP contribution in [-0.4, -0.2) is 44.8 Å². The summed E-state index contributed by atoms with van der Waals surface area (Å²) in [5.74, 6) is -0.587. The Hall–Kier alpha value is -3.95. The molecule has 4 rings (SSSR count). The van der Waals surface area contributed by atoms with Crippen LogP contribution in [0.2, 0.25) is 0 Å². The normalized spacial score (nSPS) is 12.0. The predicted octanol–water partition coefficient (Wildman–Crippen LogP) is 6.15. The molecule has 0 aliphatic carbocycles. The van der Waals surface area contributed by atoms with Gasteiger partial charge in [-0.15, -0.1) is 0 Å². The number of benzene rings is 4. The van der Waals surface area contributed by atoms with Gasteiger partial charge in [-0.1, -0.05) is 103 Å². The van der Waals surface area contributed by atoms with Gasteiger partial charge in [-0.05, 0) is 59.0 Å². The molecule has 0 aliphatic heterocycles. The summed E-state index contributed by atoms with van der Waals surface area (Å²) in [6.07, 6.45) is 0.261. The molecule has 0 saturated heterocycles. The minimum Gasteiger partial charge on any atom is -0.357 e. The fourth-order valence-electron chi connectivity index (χ4n) is 4.78. The number of anilines is 1. The number of sulfonamides is 1. The maximum atomic E-state index is 14.3. The van der Waals surface area contributed by atoms with E-state index in [1.54, 1.807) is 30.3 Å². The Morgan fingerprint density at radius 3 is 1.93 bits per heavy atom. The molecule has 0 saturated carbocycles. The van der Waals surface area contributed by atoms with E-state index in [9.17, 15) is 18.0 Å². The molecule has 0 aromatic heterocycles. The number of hydrogen-bond acceptors (Lipinski definition) is 4. The molecule has 9 heteroatoms. The van der Waals surface area contributed by atoms with Gasteiger partial charge in [0.15, 0.2) is 0 Å². The third kappa shape index (κ3) is 8.12. The molecule has 2 amide bonds. The van der Waals surface area contributed by atoms with E-state index >= 15 is 0 Å².